The van der Waals surface area contributed by atoms with Crippen LogP contribution >= 0.6 is 0 Å². The third-order valence-corrected chi connectivity index (χ3v) is 7.74. The molecule has 1 aliphatic rings. The Morgan fingerprint density at radius 3 is 1.42 bits per heavy atom. The van der Waals surface area contributed by atoms with Gasteiger partial charge in [0.15, 0.2) is 0 Å². The molecule has 1 unspecified atom stereocenters. The molecule has 0 bridgehead atoms. The summed E-state index contributed by atoms with van der Waals surface area (Å²) in [5, 5.41) is 41.4. The Kier molecular flexibility index (Phi) is 23.1. The third-order valence-electron chi connectivity index (χ3n) is 7.74. The second-order valence-electron chi connectivity index (χ2n) is 12.1. The van der Waals surface area contributed by atoms with Gasteiger partial charge in [0.1, 0.15) is 19.0 Å². The van der Waals surface area contributed by atoms with Crippen LogP contribution in [0.25, 0.3) is 0 Å². The summed E-state index contributed by atoms with van der Waals surface area (Å²) >= 11 is 0. The zero-order valence-corrected chi connectivity index (χ0v) is 29.8. The van der Waals surface area contributed by atoms with Gasteiger partial charge in [-0.2, -0.15) is 0 Å². The van der Waals surface area contributed by atoms with E-state index in [-0.39, 0.29) is 52.5 Å². The largest absolute Gasteiger partial charge is 0.491 e. The molecular weight excluding hydrogens is 688 g/mol. The van der Waals surface area contributed by atoms with Crippen LogP contribution in [0.2, 0.25) is 0 Å². The molecule has 1 amide bonds. The van der Waals surface area contributed by atoms with Crippen molar-refractivity contribution < 1.29 is 63.3 Å². The maximum absolute atomic E-state index is 12.3. The SMILES string of the molecule is Nc1ccc(OCCOCCOCCOCCOCC(=O)NCC(O)CN2CCN(CC(=O)O)CCN(CC(=O)O)CCN(CC(=O)O)CC2)cc1. The molecule has 0 radical (unpaired) electrons. The first kappa shape index (κ1) is 44.5. The van der Waals surface area contributed by atoms with Crippen molar-refractivity contribution in [1.29, 1.82) is 0 Å². The first-order valence-corrected chi connectivity index (χ1v) is 17.3. The topological polar surface area (TPSA) is 246 Å². The predicted octanol–water partition coefficient (Wildman–Crippen LogP) is -2.33. The lowest BCUT2D eigenvalue weighted by Crippen LogP contribution is -2.50. The first-order chi connectivity index (χ1) is 25.0. The van der Waals surface area contributed by atoms with Crippen LogP contribution in [0.15, 0.2) is 24.3 Å². The number of aliphatic carboxylic acids is 3. The van der Waals surface area contributed by atoms with Crippen molar-refractivity contribution in [2.75, 3.05) is 150 Å². The number of ether oxygens (including phenoxy) is 5. The maximum atomic E-state index is 12.3. The Hall–Kier alpha value is -3.66. The van der Waals surface area contributed by atoms with E-state index in [0.717, 1.165) is 5.75 Å². The number of amides is 1. The van der Waals surface area contributed by atoms with E-state index in [0.29, 0.717) is 97.7 Å². The van der Waals surface area contributed by atoms with Crippen LogP contribution in [-0.4, -0.2) is 214 Å². The number of carboxylic acids is 3. The molecule has 1 atom stereocenters. The van der Waals surface area contributed by atoms with Gasteiger partial charge in [0.25, 0.3) is 0 Å². The zero-order chi connectivity index (χ0) is 38.0. The van der Waals surface area contributed by atoms with Crippen LogP contribution in [0.1, 0.15) is 0 Å². The van der Waals surface area contributed by atoms with Gasteiger partial charge in [-0.1, -0.05) is 0 Å². The fourth-order valence-corrected chi connectivity index (χ4v) is 5.06. The summed E-state index contributed by atoms with van der Waals surface area (Å²) < 4.78 is 27.2. The van der Waals surface area contributed by atoms with Crippen LogP contribution in [0, 0.1) is 0 Å². The molecule has 0 saturated carbocycles. The normalized spacial score (nSPS) is 16.4. The number of nitrogens with two attached hydrogens (primary N) is 1. The van der Waals surface area contributed by atoms with Gasteiger partial charge in [0.2, 0.25) is 5.91 Å². The van der Waals surface area contributed by atoms with Crippen molar-refractivity contribution >= 4 is 29.5 Å². The number of hydrogen-bond acceptors (Lipinski definition) is 15. The predicted molar refractivity (Wildman–Crippen MR) is 187 cm³/mol. The molecule has 2 rings (SSSR count). The number of hydrogen-bond donors (Lipinski definition) is 6. The lowest BCUT2D eigenvalue weighted by atomic mass is 10.2. The van der Waals surface area contributed by atoms with E-state index in [1.54, 1.807) is 39.0 Å². The highest BCUT2D eigenvalue weighted by Gasteiger charge is 2.21. The Bertz CT molecular complexity index is 1130. The molecule has 52 heavy (non-hydrogen) atoms. The van der Waals surface area contributed by atoms with Crippen molar-refractivity contribution in [1.82, 2.24) is 24.9 Å². The van der Waals surface area contributed by atoms with E-state index in [4.69, 9.17) is 29.4 Å². The number of carboxylic acid groups (broad SMARTS) is 3. The summed E-state index contributed by atoms with van der Waals surface area (Å²) in [4.78, 5) is 53.5. The van der Waals surface area contributed by atoms with E-state index in [1.165, 1.54) is 0 Å². The molecule has 1 heterocycles. The Balaban J connectivity index is 1.60. The molecule has 0 spiro atoms. The van der Waals surface area contributed by atoms with Crippen molar-refractivity contribution in [3.05, 3.63) is 24.3 Å². The molecule has 296 valence electrons. The number of carbonyl (C=O) groups excluding carboxylic acids is 1. The van der Waals surface area contributed by atoms with Crippen molar-refractivity contribution in [3.8, 4) is 5.75 Å². The van der Waals surface area contributed by atoms with Gasteiger partial charge in [-0.3, -0.25) is 38.8 Å². The number of nitrogen functional groups attached to an aromatic ring is 1. The van der Waals surface area contributed by atoms with Gasteiger partial charge in [0, 0.05) is 71.1 Å². The average molecular weight is 745 g/mol. The van der Waals surface area contributed by atoms with Crippen LogP contribution in [0.4, 0.5) is 5.69 Å². The van der Waals surface area contributed by atoms with Crippen molar-refractivity contribution in [2.24, 2.45) is 0 Å². The van der Waals surface area contributed by atoms with E-state index >= 15 is 0 Å². The lowest BCUT2D eigenvalue weighted by molar-refractivity contribution is -0.140. The molecule has 1 fully saturated rings. The summed E-state index contributed by atoms with van der Waals surface area (Å²) in [6, 6.07) is 7.12. The smallest absolute Gasteiger partial charge is 0.317 e. The Morgan fingerprint density at radius 1 is 0.615 bits per heavy atom. The zero-order valence-electron chi connectivity index (χ0n) is 29.8. The molecule has 19 heteroatoms. The standard InChI is InChI=1S/C33H56N6O13/c34-27-1-3-29(4-2-27)52-20-19-50-16-15-48-13-14-49-17-18-51-26-30(41)35-21-28(40)22-36-5-7-37(23-31(42)43)9-11-39(25-33(46)47)12-10-38(8-6-36)24-32(44)45/h1-4,28,40H,5-26,34H2,(H,35,41)(H,42,43)(H,44,45)(H,46,47). The highest BCUT2D eigenvalue weighted by molar-refractivity contribution is 5.77. The quantitative estimate of drug-likeness (QED) is 0.0454. The molecule has 1 aromatic carbocycles. The molecular formula is C33H56N6O13. The summed E-state index contributed by atoms with van der Waals surface area (Å²) in [5.41, 5.74) is 6.31. The van der Waals surface area contributed by atoms with Crippen LogP contribution in [0.5, 0.6) is 5.75 Å². The Labute approximate surface area is 304 Å². The van der Waals surface area contributed by atoms with E-state index in [2.05, 4.69) is 5.32 Å². The molecule has 1 aromatic rings. The molecule has 0 aliphatic carbocycles. The summed E-state index contributed by atoms with van der Waals surface area (Å²) in [7, 11) is 0. The monoisotopic (exact) mass is 744 g/mol. The Morgan fingerprint density at radius 2 is 1.00 bits per heavy atom. The number of benzene rings is 1. The number of anilines is 1. The third kappa shape index (κ3) is 23.0. The van der Waals surface area contributed by atoms with Crippen molar-refractivity contribution in [2.45, 2.75) is 6.10 Å². The fraction of sp³-hybridized carbons (Fsp3) is 0.697. The molecule has 19 nitrogen and oxygen atoms in total. The number of nitrogens with one attached hydrogen (secondary N) is 1. The molecule has 7 N–H and O–H groups in total. The average Bonchev–Trinajstić information content (AvgIpc) is 3.08. The fourth-order valence-electron chi connectivity index (χ4n) is 5.06. The number of rotatable bonds is 25. The lowest BCUT2D eigenvalue weighted by Gasteiger charge is -2.33. The van der Waals surface area contributed by atoms with Crippen LogP contribution in [-0.2, 0) is 38.1 Å². The van der Waals surface area contributed by atoms with Gasteiger partial charge < -0.3 is 55.2 Å². The molecule has 1 saturated heterocycles. The summed E-state index contributed by atoms with van der Waals surface area (Å²) in [6.45, 7) is 4.55. The number of carbonyl (C=O) groups is 4. The second-order valence-corrected chi connectivity index (χ2v) is 12.1. The van der Waals surface area contributed by atoms with Gasteiger partial charge in [-0.25, -0.2) is 0 Å². The molecule has 0 aromatic heterocycles. The van der Waals surface area contributed by atoms with Gasteiger partial charge in [-0.15, -0.1) is 0 Å². The van der Waals surface area contributed by atoms with Crippen LogP contribution in [0.3, 0.4) is 0 Å². The number of aliphatic hydroxyl groups excluding tert-OH is 1. The molecule has 1 aliphatic heterocycles. The highest BCUT2D eigenvalue weighted by Crippen LogP contribution is 2.12. The summed E-state index contributed by atoms with van der Waals surface area (Å²) in [6.07, 6.45) is -0.958. The van der Waals surface area contributed by atoms with Gasteiger partial charge >= 0.3 is 17.9 Å². The van der Waals surface area contributed by atoms with Gasteiger partial charge in [-0.05, 0) is 24.3 Å². The highest BCUT2D eigenvalue weighted by atomic mass is 16.6. The number of nitrogens with zero attached hydrogens (tertiary/aromatic N) is 4. The minimum absolute atomic E-state index is 0.0479. The maximum Gasteiger partial charge on any atom is 0.317 e. The minimum atomic E-state index is -1.03. The number of β-amino-alcohol motifs (C(OH)–C–C–N with tert-alkyl or cyclic N) is 1. The van der Waals surface area contributed by atoms with Crippen LogP contribution < -0.4 is 15.8 Å². The van der Waals surface area contributed by atoms with E-state index in [1.807, 2.05) is 4.90 Å². The minimum Gasteiger partial charge on any atom is -0.491 e. The second kappa shape index (κ2) is 27.0. The van der Waals surface area contributed by atoms with E-state index in [9.17, 15) is 39.6 Å². The van der Waals surface area contributed by atoms with E-state index < -0.39 is 29.9 Å². The summed E-state index contributed by atoms with van der Waals surface area (Å²) in [5.74, 6) is -2.76. The number of aliphatic hydroxyl groups is 1. The first-order valence-electron chi connectivity index (χ1n) is 17.3. The van der Waals surface area contributed by atoms with Gasteiger partial charge in [0.05, 0.1) is 72.0 Å². The van der Waals surface area contributed by atoms with Crippen molar-refractivity contribution in [3.63, 3.8) is 0 Å².